The molecule has 3 amide bonds. The third-order valence-corrected chi connectivity index (χ3v) is 4.91. The molecule has 148 valence electrons. The molecule has 1 heterocycles. The normalized spacial score (nSPS) is 14.4. The standard InChI is InChI=1S/C21H24FN3O3/c1-28-19-5-3-2-4-18(19)24-21(27)25-12-10-15(11-13-25)14-23-20(26)16-6-8-17(22)9-7-16/h2-9,15H,10-14H2,1H3,(H,23,26)(H,24,27). The number of carbonyl (C=O) groups is 2. The van der Waals surface area contributed by atoms with Gasteiger partial charge < -0.3 is 20.3 Å². The third kappa shape index (κ3) is 5.00. The van der Waals surface area contributed by atoms with E-state index in [-0.39, 0.29) is 17.8 Å². The monoisotopic (exact) mass is 385 g/mol. The van der Waals surface area contributed by atoms with Gasteiger partial charge in [0.2, 0.25) is 0 Å². The molecule has 0 radical (unpaired) electrons. The van der Waals surface area contributed by atoms with Crippen molar-refractivity contribution < 1.29 is 18.7 Å². The summed E-state index contributed by atoms with van der Waals surface area (Å²) in [5, 5.41) is 5.77. The number of halogens is 1. The summed E-state index contributed by atoms with van der Waals surface area (Å²) in [6.07, 6.45) is 1.62. The van der Waals surface area contributed by atoms with Crippen molar-refractivity contribution in [3.63, 3.8) is 0 Å². The van der Waals surface area contributed by atoms with Crippen molar-refractivity contribution in [2.75, 3.05) is 32.1 Å². The molecule has 0 bridgehead atoms. The van der Waals surface area contributed by atoms with E-state index in [0.717, 1.165) is 12.8 Å². The molecule has 0 saturated carbocycles. The third-order valence-electron chi connectivity index (χ3n) is 4.91. The highest BCUT2D eigenvalue weighted by Crippen LogP contribution is 2.24. The van der Waals surface area contributed by atoms with Crippen molar-refractivity contribution >= 4 is 17.6 Å². The van der Waals surface area contributed by atoms with E-state index in [0.29, 0.717) is 42.6 Å². The summed E-state index contributed by atoms with van der Waals surface area (Å²) in [7, 11) is 1.57. The summed E-state index contributed by atoms with van der Waals surface area (Å²) in [5.74, 6) is 0.348. The summed E-state index contributed by atoms with van der Waals surface area (Å²) in [5.41, 5.74) is 1.08. The first-order valence-corrected chi connectivity index (χ1v) is 9.29. The second kappa shape index (κ2) is 9.21. The number of ether oxygens (including phenoxy) is 1. The molecule has 6 nitrogen and oxygen atoms in total. The van der Waals surface area contributed by atoms with Gasteiger partial charge in [0.1, 0.15) is 11.6 Å². The zero-order chi connectivity index (χ0) is 19.9. The molecule has 0 aliphatic carbocycles. The number of hydrogen-bond acceptors (Lipinski definition) is 3. The summed E-state index contributed by atoms with van der Waals surface area (Å²) in [4.78, 5) is 26.4. The number of rotatable bonds is 5. The zero-order valence-corrected chi connectivity index (χ0v) is 15.8. The molecule has 0 spiro atoms. The molecule has 7 heteroatoms. The number of amides is 3. The van der Waals surface area contributed by atoms with E-state index in [2.05, 4.69) is 10.6 Å². The molecule has 2 N–H and O–H groups in total. The Kier molecular flexibility index (Phi) is 6.47. The van der Waals surface area contributed by atoms with Crippen molar-refractivity contribution in [2.24, 2.45) is 5.92 Å². The largest absolute Gasteiger partial charge is 0.495 e. The Balaban J connectivity index is 1.44. The molecule has 3 rings (SSSR count). The van der Waals surface area contributed by atoms with Crippen molar-refractivity contribution in [3.8, 4) is 5.75 Å². The highest BCUT2D eigenvalue weighted by Gasteiger charge is 2.23. The summed E-state index contributed by atoms with van der Waals surface area (Å²) < 4.78 is 18.2. The minimum atomic E-state index is -0.365. The van der Waals surface area contributed by atoms with Gasteiger partial charge in [0.25, 0.3) is 5.91 Å². The molecule has 1 fully saturated rings. The van der Waals surface area contributed by atoms with E-state index >= 15 is 0 Å². The molecule has 0 unspecified atom stereocenters. The van der Waals surface area contributed by atoms with E-state index in [1.165, 1.54) is 24.3 Å². The number of carbonyl (C=O) groups excluding carboxylic acids is 2. The average Bonchev–Trinajstić information content (AvgIpc) is 2.73. The number of piperidine rings is 1. The van der Waals surface area contributed by atoms with Gasteiger partial charge in [-0.05, 0) is 55.2 Å². The van der Waals surface area contributed by atoms with Gasteiger partial charge in [-0.3, -0.25) is 4.79 Å². The van der Waals surface area contributed by atoms with E-state index in [4.69, 9.17) is 4.74 Å². The number of hydrogen-bond donors (Lipinski definition) is 2. The van der Waals surface area contributed by atoms with Gasteiger partial charge >= 0.3 is 6.03 Å². The van der Waals surface area contributed by atoms with Crippen LogP contribution in [0.1, 0.15) is 23.2 Å². The lowest BCUT2D eigenvalue weighted by atomic mass is 9.97. The number of urea groups is 1. The van der Waals surface area contributed by atoms with Gasteiger partial charge in [0.15, 0.2) is 0 Å². The highest BCUT2D eigenvalue weighted by atomic mass is 19.1. The van der Waals surface area contributed by atoms with E-state index in [1.54, 1.807) is 24.1 Å². The van der Waals surface area contributed by atoms with Crippen LogP contribution in [0.25, 0.3) is 0 Å². The fraction of sp³-hybridized carbons (Fsp3) is 0.333. The summed E-state index contributed by atoms with van der Waals surface area (Å²) in [6, 6.07) is 12.6. The van der Waals surface area contributed by atoms with Gasteiger partial charge in [-0.1, -0.05) is 12.1 Å². The Labute approximate surface area is 163 Å². The second-order valence-electron chi connectivity index (χ2n) is 6.78. The van der Waals surface area contributed by atoms with Crippen LogP contribution in [0.5, 0.6) is 5.75 Å². The van der Waals surface area contributed by atoms with E-state index in [1.807, 2.05) is 12.1 Å². The second-order valence-corrected chi connectivity index (χ2v) is 6.78. The maximum absolute atomic E-state index is 12.9. The first kappa shape index (κ1) is 19.7. The highest BCUT2D eigenvalue weighted by molar-refractivity contribution is 5.94. The number of methoxy groups -OCH3 is 1. The maximum atomic E-state index is 12.9. The first-order valence-electron chi connectivity index (χ1n) is 9.29. The lowest BCUT2D eigenvalue weighted by Gasteiger charge is -2.32. The Hall–Kier alpha value is -3.09. The summed E-state index contributed by atoms with van der Waals surface area (Å²) >= 11 is 0. The number of anilines is 1. The summed E-state index contributed by atoms with van der Waals surface area (Å²) in [6.45, 7) is 1.79. The predicted molar refractivity (Wildman–Crippen MR) is 105 cm³/mol. The van der Waals surface area contributed by atoms with Crippen molar-refractivity contribution in [1.29, 1.82) is 0 Å². The van der Waals surface area contributed by atoms with Crippen LogP contribution in [0.2, 0.25) is 0 Å². The van der Waals surface area contributed by atoms with Gasteiger partial charge in [-0.25, -0.2) is 9.18 Å². The van der Waals surface area contributed by atoms with Gasteiger partial charge in [0, 0.05) is 25.2 Å². The smallest absolute Gasteiger partial charge is 0.321 e. The molecule has 1 aliphatic rings. The molecule has 2 aromatic rings. The quantitative estimate of drug-likeness (QED) is 0.828. The van der Waals surface area contributed by atoms with Crippen LogP contribution in [-0.4, -0.2) is 43.6 Å². The van der Waals surface area contributed by atoms with Gasteiger partial charge in [-0.2, -0.15) is 0 Å². The zero-order valence-electron chi connectivity index (χ0n) is 15.8. The lowest BCUT2D eigenvalue weighted by Crippen LogP contribution is -2.43. The van der Waals surface area contributed by atoms with Crippen LogP contribution in [0.15, 0.2) is 48.5 Å². The molecule has 0 atom stereocenters. The molecule has 2 aromatic carbocycles. The number of para-hydroxylation sites is 2. The van der Waals surface area contributed by atoms with Crippen molar-refractivity contribution in [3.05, 3.63) is 59.9 Å². The maximum Gasteiger partial charge on any atom is 0.321 e. The average molecular weight is 385 g/mol. The number of likely N-dealkylation sites (tertiary alicyclic amines) is 1. The van der Waals surface area contributed by atoms with Crippen LogP contribution in [0.3, 0.4) is 0 Å². The van der Waals surface area contributed by atoms with Crippen LogP contribution in [0.4, 0.5) is 14.9 Å². The minimum absolute atomic E-state index is 0.154. The fourth-order valence-corrected chi connectivity index (χ4v) is 3.22. The van der Waals surface area contributed by atoms with Gasteiger partial charge in [-0.15, -0.1) is 0 Å². The molecule has 0 aromatic heterocycles. The van der Waals surface area contributed by atoms with Crippen LogP contribution in [-0.2, 0) is 0 Å². The first-order chi connectivity index (χ1) is 13.6. The van der Waals surface area contributed by atoms with Crippen LogP contribution in [0, 0.1) is 11.7 Å². The Morgan fingerprint density at radius 1 is 1.11 bits per heavy atom. The molecular weight excluding hydrogens is 361 g/mol. The Morgan fingerprint density at radius 2 is 1.79 bits per heavy atom. The number of benzene rings is 2. The Morgan fingerprint density at radius 3 is 2.46 bits per heavy atom. The topological polar surface area (TPSA) is 70.7 Å². The minimum Gasteiger partial charge on any atom is -0.495 e. The van der Waals surface area contributed by atoms with Crippen LogP contribution >= 0.6 is 0 Å². The van der Waals surface area contributed by atoms with Crippen molar-refractivity contribution in [2.45, 2.75) is 12.8 Å². The molecule has 1 aliphatic heterocycles. The predicted octanol–water partition coefficient (Wildman–Crippen LogP) is 3.51. The molecule has 1 saturated heterocycles. The van der Waals surface area contributed by atoms with Crippen molar-refractivity contribution in [1.82, 2.24) is 10.2 Å². The number of nitrogens with zero attached hydrogens (tertiary/aromatic N) is 1. The molecular formula is C21H24FN3O3. The fourth-order valence-electron chi connectivity index (χ4n) is 3.22. The molecule has 28 heavy (non-hydrogen) atoms. The van der Waals surface area contributed by atoms with E-state index < -0.39 is 0 Å². The Bertz CT molecular complexity index is 818. The van der Waals surface area contributed by atoms with Crippen LogP contribution < -0.4 is 15.4 Å². The van der Waals surface area contributed by atoms with Gasteiger partial charge in [0.05, 0.1) is 12.8 Å². The van der Waals surface area contributed by atoms with E-state index in [9.17, 15) is 14.0 Å². The SMILES string of the molecule is COc1ccccc1NC(=O)N1CCC(CNC(=O)c2ccc(F)cc2)CC1. The lowest BCUT2D eigenvalue weighted by molar-refractivity contribution is 0.0938. The number of nitrogens with one attached hydrogen (secondary N) is 2.